The first-order chi connectivity index (χ1) is 23.2. The Hall–Kier alpha value is -4.54. The molecule has 1 aliphatic heterocycles. The van der Waals surface area contributed by atoms with Crippen LogP contribution >= 0.6 is 0 Å². The van der Waals surface area contributed by atoms with E-state index < -0.39 is 17.7 Å². The Morgan fingerprint density at radius 1 is 1.10 bits per heavy atom. The predicted octanol–water partition coefficient (Wildman–Crippen LogP) is 8.36. The van der Waals surface area contributed by atoms with Crippen molar-refractivity contribution in [2.45, 2.75) is 84.2 Å². The molecule has 2 aromatic heterocycles. The number of fused-ring (bicyclic) bond motifs is 1. The van der Waals surface area contributed by atoms with Crippen molar-refractivity contribution in [1.82, 2.24) is 14.6 Å². The fourth-order valence-corrected chi connectivity index (χ4v) is 6.23. The van der Waals surface area contributed by atoms with Gasteiger partial charge in [-0.2, -0.15) is 9.61 Å². The summed E-state index contributed by atoms with van der Waals surface area (Å²) in [5.74, 6) is -0.404. The molecule has 5 rings (SSSR count). The summed E-state index contributed by atoms with van der Waals surface area (Å²) in [6, 6.07) is 14.2. The smallest absolute Gasteiger partial charge is 0.337 e. The minimum Gasteiger partial charge on any atom is -0.490 e. The topological polar surface area (TPSA) is 98.4 Å². The number of nitrogens with zero attached hydrogens (tertiary/aromatic N) is 4. The normalized spacial score (nSPS) is 15.9. The predicted molar refractivity (Wildman–Crippen MR) is 191 cm³/mol. The molecule has 3 heterocycles. The summed E-state index contributed by atoms with van der Waals surface area (Å²) in [6.45, 7) is 20.6. The molecule has 1 aliphatic rings. The number of aliphatic carboxylic acids is 1. The average molecular weight is 671 g/mol. The minimum atomic E-state index is -1.27. The molecule has 1 fully saturated rings. The summed E-state index contributed by atoms with van der Waals surface area (Å²) >= 11 is 0. The Balaban J connectivity index is 1.62. The summed E-state index contributed by atoms with van der Waals surface area (Å²) in [6.07, 6.45) is 4.15. The number of hydrogen-bond acceptors (Lipinski definition) is 7. The van der Waals surface area contributed by atoms with Crippen LogP contribution in [0.2, 0.25) is 0 Å². The third-order valence-electron chi connectivity index (χ3n) is 8.67. The van der Waals surface area contributed by atoms with E-state index in [1.807, 2.05) is 65.0 Å². The maximum Gasteiger partial charge on any atom is 0.337 e. The van der Waals surface area contributed by atoms with Crippen molar-refractivity contribution in [3.63, 3.8) is 0 Å². The lowest BCUT2D eigenvalue weighted by molar-refractivity contribution is -0.160. The molecule has 2 aromatic carbocycles. The van der Waals surface area contributed by atoms with Crippen LogP contribution in [0.25, 0.3) is 28.0 Å². The van der Waals surface area contributed by atoms with Crippen molar-refractivity contribution in [1.29, 1.82) is 0 Å². The van der Waals surface area contributed by atoms with Gasteiger partial charge in [0.15, 0.2) is 11.8 Å². The molecule has 0 bridgehead atoms. The van der Waals surface area contributed by atoms with E-state index in [0.717, 1.165) is 29.5 Å². The van der Waals surface area contributed by atoms with Crippen LogP contribution in [0.4, 0.5) is 10.2 Å². The molecule has 49 heavy (non-hydrogen) atoms. The molecule has 0 radical (unpaired) electrons. The Bertz CT molecular complexity index is 1840. The van der Waals surface area contributed by atoms with Gasteiger partial charge in [0, 0.05) is 48.5 Å². The maximum absolute atomic E-state index is 14.3. The second-order valence-corrected chi connectivity index (χ2v) is 13.9. The van der Waals surface area contributed by atoms with Crippen molar-refractivity contribution >= 4 is 17.4 Å². The second kappa shape index (κ2) is 14.5. The molecule has 2 atom stereocenters. The van der Waals surface area contributed by atoms with Crippen LogP contribution in [0.5, 0.6) is 5.75 Å². The van der Waals surface area contributed by atoms with Gasteiger partial charge in [-0.15, -0.1) is 13.2 Å². The van der Waals surface area contributed by atoms with E-state index >= 15 is 0 Å². The third-order valence-corrected chi connectivity index (χ3v) is 8.67. The summed E-state index contributed by atoms with van der Waals surface area (Å²) in [5.41, 5.74) is 3.58. The summed E-state index contributed by atoms with van der Waals surface area (Å²) in [4.78, 5) is 19.8. The van der Waals surface area contributed by atoms with Crippen molar-refractivity contribution < 1.29 is 28.5 Å². The molecular weight excluding hydrogens is 623 g/mol. The number of carboxylic acid groups (broad SMARTS) is 1. The van der Waals surface area contributed by atoms with Crippen LogP contribution in [0.15, 0.2) is 73.8 Å². The van der Waals surface area contributed by atoms with E-state index in [2.05, 4.69) is 25.0 Å². The maximum atomic E-state index is 14.3. The zero-order valence-electron chi connectivity index (χ0n) is 29.3. The average Bonchev–Trinajstić information content (AvgIpc) is 3.46. The standard InChI is InChI=1S/C39H47FN4O5/c1-9-12-25(3)48-32-23-29(40)15-16-30(32)27-13-11-14-28(22-27)31-24-33-41-26(4)34(35(37(45)46)49-38(5,6)7)36(44(33)42-31)43-19-17-39(8,18-20-43)47-21-10-2/h9-11,13-16,22-25,35H,1-2,12,17-21H2,3-8H3,(H,45,46)/t25-,35-/m0/s1. The number of hydrogen-bond donors (Lipinski definition) is 1. The first-order valence-electron chi connectivity index (χ1n) is 16.7. The number of piperidine rings is 1. The number of carboxylic acids is 1. The van der Waals surface area contributed by atoms with Crippen LogP contribution in [0.1, 0.15) is 71.2 Å². The molecule has 0 saturated carbocycles. The second-order valence-electron chi connectivity index (χ2n) is 13.9. The van der Waals surface area contributed by atoms with Gasteiger partial charge in [-0.3, -0.25) is 0 Å². The van der Waals surface area contributed by atoms with E-state index in [-0.39, 0.29) is 17.5 Å². The quantitative estimate of drug-likeness (QED) is 0.142. The largest absolute Gasteiger partial charge is 0.490 e. The van der Waals surface area contributed by atoms with E-state index in [0.29, 0.717) is 60.3 Å². The molecule has 260 valence electrons. The summed E-state index contributed by atoms with van der Waals surface area (Å²) in [7, 11) is 0. The molecule has 10 heteroatoms. The molecule has 4 aromatic rings. The lowest BCUT2D eigenvalue weighted by Crippen LogP contribution is -2.45. The van der Waals surface area contributed by atoms with Crippen molar-refractivity contribution in [2.24, 2.45) is 0 Å². The number of halogens is 1. The molecule has 9 nitrogen and oxygen atoms in total. The van der Waals surface area contributed by atoms with Gasteiger partial charge in [0.2, 0.25) is 0 Å². The van der Waals surface area contributed by atoms with E-state index in [4.69, 9.17) is 24.3 Å². The van der Waals surface area contributed by atoms with Crippen molar-refractivity contribution in [3.8, 4) is 28.1 Å². The number of anilines is 1. The first kappa shape index (κ1) is 35.8. The van der Waals surface area contributed by atoms with Crippen LogP contribution in [0.3, 0.4) is 0 Å². The highest BCUT2D eigenvalue weighted by molar-refractivity contribution is 5.80. The molecule has 0 unspecified atom stereocenters. The molecule has 0 amide bonds. The van der Waals surface area contributed by atoms with Crippen LogP contribution in [-0.2, 0) is 14.3 Å². The third kappa shape index (κ3) is 8.20. The highest BCUT2D eigenvalue weighted by Gasteiger charge is 2.37. The zero-order valence-corrected chi connectivity index (χ0v) is 29.3. The van der Waals surface area contributed by atoms with Gasteiger partial charge in [-0.25, -0.2) is 14.2 Å². The van der Waals surface area contributed by atoms with Gasteiger partial charge in [-0.1, -0.05) is 30.4 Å². The lowest BCUT2D eigenvalue weighted by atomic mass is 9.92. The molecule has 0 spiro atoms. The summed E-state index contributed by atoms with van der Waals surface area (Å²) in [5, 5.41) is 15.5. The van der Waals surface area contributed by atoms with Crippen LogP contribution in [0, 0.1) is 12.7 Å². The van der Waals surface area contributed by atoms with E-state index in [1.165, 1.54) is 12.1 Å². The van der Waals surface area contributed by atoms with E-state index in [1.54, 1.807) is 22.7 Å². The Kier molecular flexibility index (Phi) is 10.6. The number of aryl methyl sites for hydroxylation is 1. The molecule has 0 aliphatic carbocycles. The molecular formula is C39H47FN4O5. The highest BCUT2D eigenvalue weighted by atomic mass is 19.1. The zero-order chi connectivity index (χ0) is 35.5. The summed E-state index contributed by atoms with van der Waals surface area (Å²) < 4.78 is 34.5. The van der Waals surface area contributed by atoms with Gasteiger partial charge in [0.1, 0.15) is 17.4 Å². The van der Waals surface area contributed by atoms with Gasteiger partial charge in [0.25, 0.3) is 0 Å². The first-order valence-corrected chi connectivity index (χ1v) is 16.7. The Morgan fingerprint density at radius 3 is 2.47 bits per heavy atom. The lowest BCUT2D eigenvalue weighted by Gasteiger charge is -2.41. The number of benzene rings is 2. The van der Waals surface area contributed by atoms with Gasteiger partial charge in [0.05, 0.1) is 35.2 Å². The highest BCUT2D eigenvalue weighted by Crippen LogP contribution is 2.39. The molecule has 1 saturated heterocycles. The fraction of sp³-hybridized carbons (Fsp3) is 0.410. The molecule has 1 N–H and O–H groups in total. The van der Waals surface area contributed by atoms with Crippen molar-refractivity contribution in [2.75, 3.05) is 24.6 Å². The Morgan fingerprint density at radius 2 is 1.82 bits per heavy atom. The van der Waals surface area contributed by atoms with E-state index in [9.17, 15) is 14.3 Å². The number of rotatable bonds is 13. The van der Waals surface area contributed by atoms with Crippen molar-refractivity contribution in [3.05, 3.63) is 90.9 Å². The van der Waals surface area contributed by atoms with Crippen LogP contribution in [-0.4, -0.2) is 62.7 Å². The fourth-order valence-electron chi connectivity index (χ4n) is 6.23. The number of ether oxygens (including phenoxy) is 3. The Labute approximate surface area is 288 Å². The minimum absolute atomic E-state index is 0.181. The van der Waals surface area contributed by atoms with Gasteiger partial charge >= 0.3 is 5.97 Å². The van der Waals surface area contributed by atoms with Gasteiger partial charge in [-0.05, 0) is 78.1 Å². The monoisotopic (exact) mass is 670 g/mol. The van der Waals surface area contributed by atoms with Gasteiger partial charge < -0.3 is 24.2 Å². The SMILES string of the molecule is C=CCOC1(C)CCN(c2c([C@H](OC(C)(C)C)C(=O)O)c(C)nc3cc(-c4cccc(-c5ccc(F)cc5O[C@@H](C)CC=C)c4)nn23)CC1. The number of carbonyl (C=O) groups is 1. The van der Waals surface area contributed by atoms with Crippen LogP contribution < -0.4 is 9.64 Å². The number of aromatic nitrogens is 3.